The van der Waals surface area contributed by atoms with E-state index in [1.807, 2.05) is 0 Å². The van der Waals surface area contributed by atoms with Gasteiger partial charge >= 0.3 is 5.97 Å². The zero-order valence-electron chi connectivity index (χ0n) is 11.1. The van der Waals surface area contributed by atoms with Crippen LogP contribution in [0.15, 0.2) is 0 Å². The second-order valence-corrected chi connectivity index (χ2v) is 4.20. The summed E-state index contributed by atoms with van der Waals surface area (Å²) in [6, 6.07) is 0. The van der Waals surface area contributed by atoms with Crippen LogP contribution in [0.5, 0.6) is 0 Å². The number of hydrogen-bond donors (Lipinski definition) is 1. The number of nitrogens with one attached hydrogen (secondary N) is 1. The van der Waals surface area contributed by atoms with E-state index < -0.39 is 0 Å². The summed E-state index contributed by atoms with van der Waals surface area (Å²) in [5, 5.41) is 7.12. The maximum absolute atomic E-state index is 11.0. The van der Waals surface area contributed by atoms with Crippen molar-refractivity contribution in [2.24, 2.45) is 0 Å². The number of unbranched alkanes of at least 4 members (excludes halogenated alkanes) is 4. The summed E-state index contributed by atoms with van der Waals surface area (Å²) in [5.41, 5.74) is 0.326. The van der Waals surface area contributed by atoms with Gasteiger partial charge in [-0.25, -0.2) is 0 Å². The minimum absolute atomic E-state index is 0.0804. The van der Waals surface area contributed by atoms with Crippen LogP contribution in [0.3, 0.4) is 0 Å². The Morgan fingerprint density at radius 1 is 1.06 bits per heavy atom. The number of hydrogen-bond acceptors (Lipinski definition) is 4. The Balaban J connectivity index is 3.13. The maximum Gasteiger partial charge on any atom is 0.311 e. The first-order chi connectivity index (χ1) is 8.16. The zero-order valence-corrected chi connectivity index (χ0v) is 11.1. The highest BCUT2D eigenvalue weighted by Crippen LogP contribution is 2.02. The molecule has 0 aromatic rings. The van der Waals surface area contributed by atoms with Gasteiger partial charge in [-0.3, -0.25) is 4.79 Å². The molecule has 0 bridgehead atoms. The van der Waals surface area contributed by atoms with E-state index in [9.17, 15) is 4.79 Å². The lowest BCUT2D eigenvalue weighted by Gasteiger charge is -2.05. The van der Waals surface area contributed by atoms with Crippen LogP contribution in [0.4, 0.5) is 0 Å². The summed E-state index contributed by atoms with van der Waals surface area (Å²) in [4.78, 5) is 11.0. The van der Waals surface area contributed by atoms with E-state index >= 15 is 0 Å². The Labute approximate surface area is 104 Å². The molecule has 1 N–H and O–H groups in total. The lowest BCUT2D eigenvalue weighted by atomic mass is 10.2. The molecule has 0 saturated carbocycles. The summed E-state index contributed by atoms with van der Waals surface area (Å²) < 4.78 is 10.2. The zero-order chi connectivity index (χ0) is 12.9. The topological polar surface area (TPSA) is 59.4 Å². The summed E-state index contributed by atoms with van der Waals surface area (Å²) in [7, 11) is 0. The van der Waals surface area contributed by atoms with Crippen LogP contribution in [-0.4, -0.2) is 31.5 Å². The summed E-state index contributed by atoms with van der Waals surface area (Å²) in [5.74, 6) is -0.343. The van der Waals surface area contributed by atoms with Gasteiger partial charge in [0.15, 0.2) is 0 Å². The molecule has 0 amide bonds. The highest BCUT2D eigenvalue weighted by molar-refractivity contribution is 5.95. The molecule has 0 atom stereocenters. The Morgan fingerprint density at radius 3 is 2.41 bits per heavy atom. The lowest BCUT2D eigenvalue weighted by molar-refractivity contribution is -0.143. The van der Waals surface area contributed by atoms with Crippen LogP contribution < -0.4 is 0 Å². The highest BCUT2D eigenvalue weighted by atomic mass is 16.6. The third-order valence-corrected chi connectivity index (χ3v) is 2.29. The molecule has 4 heteroatoms. The Morgan fingerprint density at radius 2 is 1.76 bits per heavy atom. The average molecular weight is 243 g/mol. The van der Waals surface area contributed by atoms with E-state index in [1.165, 1.54) is 25.7 Å². The van der Waals surface area contributed by atoms with E-state index in [4.69, 9.17) is 14.9 Å². The summed E-state index contributed by atoms with van der Waals surface area (Å²) in [6.07, 6.45) is 6.18. The minimum atomic E-state index is -0.343. The molecule has 0 aliphatic carbocycles. The van der Waals surface area contributed by atoms with Crippen molar-refractivity contribution in [1.82, 2.24) is 0 Å². The number of carbonyl (C=O) groups excluding carboxylic acids is 1. The standard InChI is InChI=1S/C13H25NO3/c1-3-4-5-6-7-8-16-9-10-17-13(15)11-12(2)14/h14H,3-11H2,1-2H3. The van der Waals surface area contributed by atoms with E-state index in [2.05, 4.69) is 6.92 Å². The third-order valence-electron chi connectivity index (χ3n) is 2.29. The lowest BCUT2D eigenvalue weighted by Crippen LogP contribution is -2.13. The van der Waals surface area contributed by atoms with Crippen molar-refractivity contribution in [2.45, 2.75) is 52.4 Å². The highest BCUT2D eigenvalue weighted by Gasteiger charge is 2.02. The van der Waals surface area contributed by atoms with E-state index in [0.717, 1.165) is 13.0 Å². The van der Waals surface area contributed by atoms with Gasteiger partial charge < -0.3 is 14.9 Å². The monoisotopic (exact) mass is 243 g/mol. The van der Waals surface area contributed by atoms with Crippen molar-refractivity contribution in [1.29, 1.82) is 5.41 Å². The van der Waals surface area contributed by atoms with Crippen LogP contribution in [0.1, 0.15) is 52.4 Å². The molecule has 0 spiro atoms. The Hall–Kier alpha value is -0.900. The maximum atomic E-state index is 11.0. The summed E-state index contributed by atoms with van der Waals surface area (Å²) >= 11 is 0. The van der Waals surface area contributed by atoms with Crippen LogP contribution in [0.25, 0.3) is 0 Å². The smallest absolute Gasteiger partial charge is 0.311 e. The fourth-order valence-corrected chi connectivity index (χ4v) is 1.39. The van der Waals surface area contributed by atoms with Crippen LogP contribution in [0.2, 0.25) is 0 Å². The van der Waals surface area contributed by atoms with Crippen molar-refractivity contribution in [3.63, 3.8) is 0 Å². The quantitative estimate of drug-likeness (QED) is 0.345. The predicted molar refractivity (Wildman–Crippen MR) is 68.6 cm³/mol. The van der Waals surface area contributed by atoms with Crippen LogP contribution in [-0.2, 0) is 14.3 Å². The molecule has 4 nitrogen and oxygen atoms in total. The number of esters is 1. The van der Waals surface area contributed by atoms with Crippen molar-refractivity contribution in [2.75, 3.05) is 19.8 Å². The minimum Gasteiger partial charge on any atom is -0.463 e. The van der Waals surface area contributed by atoms with Gasteiger partial charge in [0.05, 0.1) is 13.0 Å². The van der Waals surface area contributed by atoms with Crippen molar-refractivity contribution in [3.8, 4) is 0 Å². The molecular weight excluding hydrogens is 218 g/mol. The van der Waals surface area contributed by atoms with Crippen LogP contribution in [0, 0.1) is 5.41 Å². The normalized spacial score (nSPS) is 10.2. The van der Waals surface area contributed by atoms with E-state index in [1.54, 1.807) is 6.92 Å². The molecule has 0 aliphatic rings. The van der Waals surface area contributed by atoms with E-state index in [-0.39, 0.29) is 12.4 Å². The summed E-state index contributed by atoms with van der Waals surface area (Å²) in [6.45, 7) is 5.28. The second-order valence-electron chi connectivity index (χ2n) is 4.20. The van der Waals surface area contributed by atoms with Gasteiger partial charge in [-0.05, 0) is 13.3 Å². The van der Waals surface area contributed by atoms with Crippen molar-refractivity contribution < 1.29 is 14.3 Å². The molecule has 0 unspecified atom stereocenters. The van der Waals surface area contributed by atoms with Gasteiger partial charge in [0, 0.05) is 12.3 Å². The molecule has 0 aromatic heterocycles. The molecule has 0 saturated heterocycles. The van der Waals surface area contributed by atoms with Gasteiger partial charge in [-0.1, -0.05) is 32.6 Å². The Kier molecular flexibility index (Phi) is 11.0. The van der Waals surface area contributed by atoms with Gasteiger partial charge in [-0.15, -0.1) is 0 Å². The van der Waals surface area contributed by atoms with Gasteiger partial charge in [0.2, 0.25) is 0 Å². The molecule has 0 radical (unpaired) electrons. The largest absolute Gasteiger partial charge is 0.463 e. The third kappa shape index (κ3) is 13.0. The second kappa shape index (κ2) is 11.6. The van der Waals surface area contributed by atoms with Gasteiger partial charge in [0.1, 0.15) is 6.61 Å². The fraction of sp³-hybridized carbons (Fsp3) is 0.846. The molecule has 0 aromatic carbocycles. The molecular formula is C13H25NO3. The molecule has 0 fully saturated rings. The number of ether oxygens (including phenoxy) is 2. The molecule has 0 aliphatic heterocycles. The average Bonchev–Trinajstić information content (AvgIpc) is 2.26. The molecule has 0 rings (SSSR count). The van der Waals surface area contributed by atoms with Gasteiger partial charge in [0.25, 0.3) is 0 Å². The fourth-order valence-electron chi connectivity index (χ4n) is 1.39. The van der Waals surface area contributed by atoms with Crippen LogP contribution >= 0.6 is 0 Å². The Bertz CT molecular complexity index is 217. The molecule has 17 heavy (non-hydrogen) atoms. The van der Waals surface area contributed by atoms with Crippen molar-refractivity contribution in [3.05, 3.63) is 0 Å². The van der Waals surface area contributed by atoms with Gasteiger partial charge in [-0.2, -0.15) is 0 Å². The SMILES string of the molecule is CCCCCCCOCCOC(=O)CC(C)=N. The predicted octanol–water partition coefficient (Wildman–Crippen LogP) is 2.95. The molecule has 100 valence electrons. The number of carbonyl (C=O) groups is 1. The first kappa shape index (κ1) is 16.1. The first-order valence-electron chi connectivity index (χ1n) is 6.44. The molecule has 0 heterocycles. The first-order valence-corrected chi connectivity index (χ1v) is 6.44. The van der Waals surface area contributed by atoms with Crippen molar-refractivity contribution >= 4 is 11.7 Å². The number of rotatable bonds is 11. The van der Waals surface area contributed by atoms with E-state index in [0.29, 0.717) is 18.9 Å².